The zero-order valence-corrected chi connectivity index (χ0v) is 19.2. The van der Waals surface area contributed by atoms with E-state index in [4.69, 9.17) is 4.74 Å². The van der Waals surface area contributed by atoms with Crippen molar-refractivity contribution in [2.45, 2.75) is 51.3 Å². The van der Waals surface area contributed by atoms with E-state index in [2.05, 4.69) is 5.32 Å². The predicted octanol–water partition coefficient (Wildman–Crippen LogP) is 0.712. The number of rotatable bonds is 3. The lowest BCUT2D eigenvalue weighted by atomic mass is 10.0. The summed E-state index contributed by atoms with van der Waals surface area (Å²) < 4.78 is 5.39. The lowest BCUT2D eigenvalue weighted by molar-refractivity contribution is -0.136. The molecule has 2 saturated heterocycles. The minimum atomic E-state index is -1.04. The number of nitrogens with zero attached hydrogens (tertiary/aromatic N) is 3. The van der Waals surface area contributed by atoms with Gasteiger partial charge in [0.2, 0.25) is 11.8 Å². The number of imide groups is 2. The molecule has 1 unspecified atom stereocenters. The number of ether oxygens (including phenoxy) is 1. The van der Waals surface area contributed by atoms with Crippen LogP contribution in [0.2, 0.25) is 0 Å². The van der Waals surface area contributed by atoms with E-state index in [9.17, 15) is 28.8 Å². The molecule has 1 aromatic rings. The molecule has 2 atom stereocenters. The number of fused-ring (bicyclic) bond motifs is 1. The summed E-state index contributed by atoms with van der Waals surface area (Å²) in [7, 11) is 0. The van der Waals surface area contributed by atoms with Crippen LogP contribution in [0.4, 0.5) is 10.5 Å². The number of carbonyl (C=O) groups is 6. The molecule has 0 aliphatic carbocycles. The SMILES string of the molecule is CC(C)(C)OC(=O)N1CCN(c2ccc3c(c2)C(=O)N(C2CCC(=O)NC2=O)C3=O)C[C@@H]1C=O. The highest BCUT2D eigenvalue weighted by molar-refractivity contribution is 6.23. The van der Waals surface area contributed by atoms with E-state index in [0.29, 0.717) is 18.5 Å². The highest BCUT2D eigenvalue weighted by Crippen LogP contribution is 2.31. The van der Waals surface area contributed by atoms with Gasteiger partial charge in [-0.15, -0.1) is 0 Å². The Balaban J connectivity index is 1.52. The number of benzene rings is 1. The Morgan fingerprint density at radius 1 is 1.09 bits per heavy atom. The molecule has 0 radical (unpaired) electrons. The summed E-state index contributed by atoms with van der Waals surface area (Å²) in [5, 5.41) is 2.17. The van der Waals surface area contributed by atoms with Crippen LogP contribution in [0.3, 0.4) is 0 Å². The zero-order chi connectivity index (χ0) is 24.8. The van der Waals surface area contributed by atoms with Gasteiger partial charge in [-0.3, -0.25) is 34.3 Å². The number of carbonyl (C=O) groups excluding carboxylic acids is 6. The van der Waals surface area contributed by atoms with Crippen molar-refractivity contribution in [3.05, 3.63) is 29.3 Å². The third-order valence-corrected chi connectivity index (χ3v) is 5.99. The minimum Gasteiger partial charge on any atom is -0.444 e. The van der Waals surface area contributed by atoms with Crippen molar-refractivity contribution in [3.8, 4) is 0 Å². The number of amides is 5. The molecule has 3 heterocycles. The van der Waals surface area contributed by atoms with Crippen molar-refractivity contribution < 1.29 is 33.5 Å². The summed E-state index contributed by atoms with van der Waals surface area (Å²) in [6.45, 7) is 6.07. The molecule has 2 fully saturated rings. The molecule has 0 aromatic heterocycles. The molecule has 11 nitrogen and oxygen atoms in total. The average molecular weight is 470 g/mol. The molecule has 180 valence electrons. The van der Waals surface area contributed by atoms with Crippen LogP contribution in [0, 0.1) is 0 Å². The van der Waals surface area contributed by atoms with Gasteiger partial charge in [-0.05, 0) is 45.4 Å². The maximum Gasteiger partial charge on any atom is 0.411 e. The van der Waals surface area contributed by atoms with Gasteiger partial charge in [0.1, 0.15) is 24.0 Å². The summed E-state index contributed by atoms with van der Waals surface area (Å²) in [4.78, 5) is 77.9. The molecule has 3 aliphatic heterocycles. The summed E-state index contributed by atoms with van der Waals surface area (Å²) in [6, 6.07) is 2.97. The molecule has 5 amide bonds. The summed E-state index contributed by atoms with van der Waals surface area (Å²) in [6.07, 6.45) is 0.239. The summed E-state index contributed by atoms with van der Waals surface area (Å²) >= 11 is 0. The van der Waals surface area contributed by atoms with E-state index in [1.807, 2.05) is 4.90 Å². The second-order valence-electron chi connectivity index (χ2n) is 9.50. The van der Waals surface area contributed by atoms with Crippen LogP contribution in [0.25, 0.3) is 0 Å². The van der Waals surface area contributed by atoms with Crippen LogP contribution in [0.15, 0.2) is 18.2 Å². The number of anilines is 1. The van der Waals surface area contributed by atoms with Crippen LogP contribution in [-0.2, 0) is 19.1 Å². The van der Waals surface area contributed by atoms with Gasteiger partial charge in [-0.1, -0.05) is 0 Å². The molecular formula is C23H26N4O7. The number of piperazine rings is 1. The first-order valence-corrected chi connectivity index (χ1v) is 11.1. The van der Waals surface area contributed by atoms with Gasteiger partial charge in [-0.2, -0.15) is 0 Å². The topological polar surface area (TPSA) is 133 Å². The predicted molar refractivity (Wildman–Crippen MR) is 118 cm³/mol. The molecule has 0 saturated carbocycles. The van der Waals surface area contributed by atoms with Crippen molar-refractivity contribution in [1.82, 2.24) is 15.1 Å². The van der Waals surface area contributed by atoms with Gasteiger partial charge in [0.15, 0.2) is 0 Å². The van der Waals surface area contributed by atoms with E-state index in [1.54, 1.807) is 32.9 Å². The van der Waals surface area contributed by atoms with Crippen molar-refractivity contribution in [2.75, 3.05) is 24.5 Å². The van der Waals surface area contributed by atoms with E-state index >= 15 is 0 Å². The largest absolute Gasteiger partial charge is 0.444 e. The summed E-state index contributed by atoms with van der Waals surface area (Å²) in [5.74, 6) is -2.29. The summed E-state index contributed by atoms with van der Waals surface area (Å²) in [5.41, 5.74) is 0.256. The zero-order valence-electron chi connectivity index (χ0n) is 19.2. The second kappa shape index (κ2) is 8.54. The van der Waals surface area contributed by atoms with Gasteiger partial charge in [0.05, 0.1) is 11.1 Å². The van der Waals surface area contributed by atoms with Crippen LogP contribution >= 0.6 is 0 Å². The van der Waals surface area contributed by atoms with Crippen LogP contribution in [0.5, 0.6) is 0 Å². The Labute approximate surface area is 196 Å². The quantitative estimate of drug-likeness (QED) is 0.504. The van der Waals surface area contributed by atoms with E-state index < -0.39 is 47.4 Å². The lowest BCUT2D eigenvalue weighted by Crippen LogP contribution is -2.57. The van der Waals surface area contributed by atoms with Crippen LogP contribution < -0.4 is 10.2 Å². The molecular weight excluding hydrogens is 444 g/mol. The van der Waals surface area contributed by atoms with Gasteiger partial charge in [0, 0.05) is 31.7 Å². The van der Waals surface area contributed by atoms with E-state index in [-0.39, 0.29) is 37.1 Å². The third-order valence-electron chi connectivity index (χ3n) is 5.99. The fourth-order valence-electron chi connectivity index (χ4n) is 4.36. The van der Waals surface area contributed by atoms with Crippen LogP contribution in [0.1, 0.15) is 54.3 Å². The Morgan fingerprint density at radius 2 is 1.79 bits per heavy atom. The molecule has 1 aromatic carbocycles. The number of piperidine rings is 1. The second-order valence-corrected chi connectivity index (χ2v) is 9.50. The third kappa shape index (κ3) is 4.25. The van der Waals surface area contributed by atoms with Crippen molar-refractivity contribution >= 4 is 41.7 Å². The van der Waals surface area contributed by atoms with Crippen LogP contribution in [-0.4, -0.2) is 83.1 Å². The number of hydrogen-bond donors (Lipinski definition) is 1. The fraction of sp³-hybridized carbons (Fsp3) is 0.478. The smallest absolute Gasteiger partial charge is 0.411 e. The van der Waals surface area contributed by atoms with Gasteiger partial charge in [-0.25, -0.2) is 4.79 Å². The first-order chi connectivity index (χ1) is 16.0. The Bertz CT molecular complexity index is 1090. The monoisotopic (exact) mass is 470 g/mol. The van der Waals surface area contributed by atoms with Gasteiger partial charge >= 0.3 is 6.09 Å². The van der Waals surface area contributed by atoms with Gasteiger partial charge < -0.3 is 14.4 Å². The number of hydrogen-bond acceptors (Lipinski definition) is 8. The first-order valence-electron chi connectivity index (χ1n) is 11.1. The maximum absolute atomic E-state index is 13.1. The highest BCUT2D eigenvalue weighted by Gasteiger charge is 2.45. The highest BCUT2D eigenvalue weighted by atomic mass is 16.6. The molecule has 1 N–H and O–H groups in total. The minimum absolute atomic E-state index is 0.0457. The van der Waals surface area contributed by atoms with E-state index in [0.717, 1.165) is 4.90 Å². The molecule has 4 rings (SSSR count). The van der Waals surface area contributed by atoms with Crippen molar-refractivity contribution in [2.24, 2.45) is 0 Å². The number of nitrogens with one attached hydrogen (secondary N) is 1. The van der Waals surface area contributed by atoms with E-state index in [1.165, 1.54) is 11.0 Å². The fourth-order valence-corrected chi connectivity index (χ4v) is 4.36. The first kappa shape index (κ1) is 23.4. The molecule has 0 spiro atoms. The standard InChI is InChI=1S/C23H26N4O7/c1-23(2,3)34-22(33)26-9-8-25(11-14(26)12-28)13-4-5-15-16(10-13)21(32)27(20(15)31)17-6-7-18(29)24-19(17)30/h4-5,10,12,14,17H,6-9,11H2,1-3H3,(H,24,29,30)/t14-,17?/m1/s1. The molecule has 11 heteroatoms. The Hall–Kier alpha value is -3.76. The lowest BCUT2D eigenvalue weighted by Gasteiger charge is -2.40. The maximum atomic E-state index is 13.1. The average Bonchev–Trinajstić information content (AvgIpc) is 3.02. The molecule has 0 bridgehead atoms. The number of aldehydes is 1. The van der Waals surface area contributed by atoms with Crippen molar-refractivity contribution in [1.29, 1.82) is 0 Å². The van der Waals surface area contributed by atoms with Gasteiger partial charge in [0.25, 0.3) is 11.8 Å². The molecule has 3 aliphatic rings. The Kier molecular flexibility index (Phi) is 5.88. The molecule has 34 heavy (non-hydrogen) atoms. The van der Waals surface area contributed by atoms with Crippen molar-refractivity contribution in [3.63, 3.8) is 0 Å². The Morgan fingerprint density at radius 3 is 2.44 bits per heavy atom. The normalized spacial score (nSPS) is 23.1.